The van der Waals surface area contributed by atoms with Crippen LogP contribution < -0.4 is 4.74 Å². The molecule has 2 heterocycles. The van der Waals surface area contributed by atoms with Gasteiger partial charge in [-0.3, -0.25) is 9.69 Å². The average molecular weight is 374 g/mol. The van der Waals surface area contributed by atoms with Crippen LogP contribution in [0.15, 0.2) is 29.6 Å². The van der Waals surface area contributed by atoms with Crippen LogP contribution in [0.4, 0.5) is 0 Å². The fourth-order valence-electron chi connectivity index (χ4n) is 3.06. The molecule has 1 saturated heterocycles. The number of thiazole rings is 1. The van der Waals surface area contributed by atoms with Gasteiger partial charge in [0.1, 0.15) is 10.8 Å². The van der Waals surface area contributed by atoms with Crippen LogP contribution >= 0.6 is 11.3 Å². The number of methoxy groups -OCH3 is 1. The van der Waals surface area contributed by atoms with Crippen molar-refractivity contribution < 1.29 is 9.53 Å². The Labute approximate surface area is 159 Å². The number of piperazine rings is 1. The number of amides is 1. The molecule has 3 rings (SSSR count). The van der Waals surface area contributed by atoms with E-state index in [9.17, 15) is 4.79 Å². The zero-order chi connectivity index (χ0) is 18.7. The van der Waals surface area contributed by atoms with E-state index in [0.29, 0.717) is 0 Å². The van der Waals surface area contributed by atoms with E-state index in [1.807, 2.05) is 49.9 Å². The molecular weight excluding hydrogens is 346 g/mol. The molecular formula is C20H27N3O2S. The van der Waals surface area contributed by atoms with Crippen molar-refractivity contribution in [2.45, 2.75) is 27.3 Å². The van der Waals surface area contributed by atoms with Crippen molar-refractivity contribution in [1.29, 1.82) is 0 Å². The molecule has 0 spiro atoms. The van der Waals surface area contributed by atoms with Crippen LogP contribution in [0.25, 0.3) is 10.6 Å². The summed E-state index contributed by atoms with van der Waals surface area (Å²) in [5.41, 5.74) is 1.91. The molecule has 2 aromatic rings. The molecule has 0 radical (unpaired) electrons. The normalized spacial score (nSPS) is 15.9. The van der Waals surface area contributed by atoms with Crippen molar-refractivity contribution in [3.63, 3.8) is 0 Å². The standard InChI is InChI=1S/C20H27N3O2S/c1-20(2,3)19(24)23-11-9-22(10-12-23)13-16-14-26-18(21-16)15-5-7-17(25-4)8-6-15/h5-8,14H,9-13H2,1-4H3. The van der Waals surface area contributed by atoms with E-state index in [4.69, 9.17) is 9.72 Å². The van der Waals surface area contributed by atoms with Crippen LogP contribution in [0.3, 0.4) is 0 Å². The highest BCUT2D eigenvalue weighted by Gasteiger charge is 2.29. The summed E-state index contributed by atoms with van der Waals surface area (Å²) < 4.78 is 5.21. The van der Waals surface area contributed by atoms with Gasteiger partial charge in [-0.05, 0) is 24.3 Å². The van der Waals surface area contributed by atoms with E-state index in [1.165, 1.54) is 0 Å². The van der Waals surface area contributed by atoms with Crippen LogP contribution in [-0.2, 0) is 11.3 Å². The molecule has 0 aliphatic carbocycles. The third-order valence-corrected chi connectivity index (χ3v) is 5.52. The molecule has 0 bridgehead atoms. The Kier molecular flexibility index (Phi) is 5.63. The third-order valence-electron chi connectivity index (χ3n) is 4.58. The van der Waals surface area contributed by atoms with Crippen LogP contribution in [0.1, 0.15) is 26.5 Å². The van der Waals surface area contributed by atoms with Gasteiger partial charge in [0.05, 0.1) is 12.8 Å². The zero-order valence-electron chi connectivity index (χ0n) is 16.0. The van der Waals surface area contributed by atoms with Crippen LogP contribution in [0.5, 0.6) is 5.75 Å². The molecule has 26 heavy (non-hydrogen) atoms. The number of carbonyl (C=O) groups is 1. The Morgan fingerprint density at radius 1 is 1.15 bits per heavy atom. The molecule has 1 amide bonds. The van der Waals surface area contributed by atoms with Gasteiger partial charge in [-0.25, -0.2) is 4.98 Å². The maximum Gasteiger partial charge on any atom is 0.228 e. The van der Waals surface area contributed by atoms with Crippen molar-refractivity contribution in [2.24, 2.45) is 5.41 Å². The number of aromatic nitrogens is 1. The van der Waals surface area contributed by atoms with Crippen molar-refractivity contribution >= 4 is 17.2 Å². The zero-order valence-corrected chi connectivity index (χ0v) is 16.8. The highest BCUT2D eigenvalue weighted by atomic mass is 32.1. The Morgan fingerprint density at radius 3 is 2.38 bits per heavy atom. The minimum Gasteiger partial charge on any atom is -0.497 e. The number of hydrogen-bond donors (Lipinski definition) is 0. The second kappa shape index (κ2) is 7.76. The molecule has 140 valence electrons. The highest BCUT2D eigenvalue weighted by molar-refractivity contribution is 7.13. The summed E-state index contributed by atoms with van der Waals surface area (Å²) in [6, 6.07) is 8.00. The van der Waals surface area contributed by atoms with E-state index >= 15 is 0 Å². The Bertz CT molecular complexity index is 741. The summed E-state index contributed by atoms with van der Waals surface area (Å²) in [5.74, 6) is 1.10. The van der Waals surface area contributed by atoms with Gasteiger partial charge in [0.25, 0.3) is 0 Å². The molecule has 0 atom stereocenters. The van der Waals surface area contributed by atoms with Crippen LogP contribution in [0.2, 0.25) is 0 Å². The lowest BCUT2D eigenvalue weighted by atomic mass is 9.94. The molecule has 6 heteroatoms. The minimum absolute atomic E-state index is 0.243. The maximum atomic E-state index is 12.4. The molecule has 5 nitrogen and oxygen atoms in total. The smallest absolute Gasteiger partial charge is 0.228 e. The molecule has 1 fully saturated rings. The van der Waals surface area contributed by atoms with Gasteiger partial charge >= 0.3 is 0 Å². The van der Waals surface area contributed by atoms with E-state index in [-0.39, 0.29) is 11.3 Å². The van der Waals surface area contributed by atoms with E-state index < -0.39 is 0 Å². The summed E-state index contributed by atoms with van der Waals surface area (Å²) in [6.45, 7) is 10.2. The first kappa shape index (κ1) is 18.9. The number of rotatable bonds is 4. The lowest BCUT2D eigenvalue weighted by Gasteiger charge is -2.37. The van der Waals surface area contributed by atoms with Gasteiger partial charge in [-0.1, -0.05) is 20.8 Å². The highest BCUT2D eigenvalue weighted by Crippen LogP contribution is 2.26. The molecule has 0 N–H and O–H groups in total. The molecule has 1 aliphatic rings. The average Bonchev–Trinajstić information content (AvgIpc) is 3.09. The first-order valence-corrected chi connectivity index (χ1v) is 9.85. The predicted octanol–water partition coefficient (Wildman–Crippen LogP) is 3.51. The Balaban J connectivity index is 1.56. The van der Waals surface area contributed by atoms with Gasteiger partial charge in [0.2, 0.25) is 5.91 Å². The van der Waals surface area contributed by atoms with E-state index in [0.717, 1.165) is 54.7 Å². The monoisotopic (exact) mass is 373 g/mol. The fraction of sp³-hybridized carbons (Fsp3) is 0.500. The van der Waals surface area contributed by atoms with Crippen molar-refractivity contribution in [2.75, 3.05) is 33.3 Å². The summed E-state index contributed by atoms with van der Waals surface area (Å²) in [5, 5.41) is 3.16. The van der Waals surface area contributed by atoms with E-state index in [2.05, 4.69) is 10.3 Å². The lowest BCUT2D eigenvalue weighted by molar-refractivity contribution is -0.141. The molecule has 1 aliphatic heterocycles. The second-order valence-corrected chi connectivity index (χ2v) is 8.55. The molecule has 0 saturated carbocycles. The first-order valence-electron chi connectivity index (χ1n) is 8.97. The van der Waals surface area contributed by atoms with Gasteiger partial charge in [0.15, 0.2) is 0 Å². The van der Waals surface area contributed by atoms with Crippen molar-refractivity contribution in [1.82, 2.24) is 14.8 Å². The maximum absolute atomic E-state index is 12.4. The van der Waals surface area contributed by atoms with E-state index in [1.54, 1.807) is 18.4 Å². The van der Waals surface area contributed by atoms with Gasteiger partial charge in [-0.2, -0.15) is 0 Å². The number of hydrogen-bond acceptors (Lipinski definition) is 5. The second-order valence-electron chi connectivity index (χ2n) is 7.69. The minimum atomic E-state index is -0.301. The number of nitrogens with zero attached hydrogens (tertiary/aromatic N) is 3. The molecule has 1 aromatic carbocycles. The SMILES string of the molecule is COc1ccc(-c2nc(CN3CCN(C(=O)C(C)(C)C)CC3)cs2)cc1. The van der Waals surface area contributed by atoms with Crippen LogP contribution in [-0.4, -0.2) is 54.0 Å². The van der Waals surface area contributed by atoms with Gasteiger partial charge in [0, 0.05) is 49.1 Å². The predicted molar refractivity (Wildman–Crippen MR) is 105 cm³/mol. The summed E-state index contributed by atoms with van der Waals surface area (Å²) in [7, 11) is 1.67. The largest absolute Gasteiger partial charge is 0.497 e. The number of ether oxygens (including phenoxy) is 1. The number of carbonyl (C=O) groups excluding carboxylic acids is 1. The Morgan fingerprint density at radius 2 is 1.81 bits per heavy atom. The van der Waals surface area contributed by atoms with Crippen LogP contribution in [0, 0.1) is 5.41 Å². The lowest BCUT2D eigenvalue weighted by Crippen LogP contribution is -2.51. The summed E-state index contributed by atoms with van der Waals surface area (Å²) in [6.07, 6.45) is 0. The number of benzene rings is 1. The molecule has 1 aromatic heterocycles. The summed E-state index contributed by atoms with van der Waals surface area (Å²) >= 11 is 1.67. The fourth-order valence-corrected chi connectivity index (χ4v) is 3.88. The first-order chi connectivity index (χ1) is 12.4. The Hall–Kier alpha value is -1.92. The summed E-state index contributed by atoms with van der Waals surface area (Å²) in [4.78, 5) is 21.5. The molecule has 0 unspecified atom stereocenters. The van der Waals surface area contributed by atoms with Crippen molar-refractivity contribution in [3.05, 3.63) is 35.3 Å². The third kappa shape index (κ3) is 4.43. The quantitative estimate of drug-likeness (QED) is 0.823. The van der Waals surface area contributed by atoms with Crippen molar-refractivity contribution in [3.8, 4) is 16.3 Å². The van der Waals surface area contributed by atoms with Gasteiger partial charge < -0.3 is 9.64 Å². The van der Waals surface area contributed by atoms with Gasteiger partial charge in [-0.15, -0.1) is 11.3 Å². The topological polar surface area (TPSA) is 45.7 Å².